The quantitative estimate of drug-likeness (QED) is 0.0607. The van der Waals surface area contributed by atoms with Crippen molar-refractivity contribution < 1.29 is 70.5 Å². The molecule has 2 heterocycles. The fourth-order valence-corrected chi connectivity index (χ4v) is 10.6. The van der Waals surface area contributed by atoms with Crippen molar-refractivity contribution in [3.63, 3.8) is 0 Å². The van der Waals surface area contributed by atoms with E-state index in [1.165, 1.54) is 30.5 Å². The number of aliphatic hydroxyl groups is 1. The van der Waals surface area contributed by atoms with Crippen LogP contribution in [0, 0.1) is 11.8 Å². The number of hydrogen-bond donors (Lipinski definition) is 3. The summed E-state index contributed by atoms with van der Waals surface area (Å²) < 4.78 is 87.9. The number of sulfonamides is 1. The summed E-state index contributed by atoms with van der Waals surface area (Å²) in [6, 6.07) is 19.4. The summed E-state index contributed by atoms with van der Waals surface area (Å²) in [5.74, 6) is 0.297. The number of nitrogens with zero attached hydrogens (tertiary/aromatic N) is 1. The van der Waals surface area contributed by atoms with E-state index in [4.69, 9.17) is 37.5 Å². The Morgan fingerprint density at radius 2 is 1.65 bits per heavy atom. The lowest BCUT2D eigenvalue weighted by Gasteiger charge is -2.31. The number of para-hydroxylation sites is 2. The highest BCUT2D eigenvalue weighted by Crippen LogP contribution is 2.51. The molecule has 5 rings (SSSR count). The minimum atomic E-state index is -4.06. The summed E-state index contributed by atoms with van der Waals surface area (Å²) in [5, 5.41) is 16.5. The lowest BCUT2D eigenvalue weighted by molar-refractivity contribution is -0.667. The maximum Gasteiger partial charge on any atom is 0.407 e. The van der Waals surface area contributed by atoms with Crippen LogP contribution in [0.3, 0.4) is 0 Å². The van der Waals surface area contributed by atoms with E-state index >= 15 is 0 Å². The number of hydrogen-bond acceptors (Lipinski definition) is 14. The third kappa shape index (κ3) is 14.4. The number of aliphatic hydroxyl groups excluding tert-OH is 1. The minimum absolute atomic E-state index is 0.0277. The molecule has 17 nitrogen and oxygen atoms in total. The normalized spacial score (nSPS) is 19.7. The van der Waals surface area contributed by atoms with Crippen molar-refractivity contribution in [1.29, 1.82) is 0 Å². The van der Waals surface area contributed by atoms with Gasteiger partial charge in [-0.1, -0.05) is 50.2 Å². The Bertz CT molecular complexity index is 2070. The van der Waals surface area contributed by atoms with Crippen LogP contribution in [0.2, 0.25) is 0 Å². The fraction of sp³-hybridized carbons (Fsp3) is 0.545. The Kier molecular flexibility index (Phi) is 18.6. The molecule has 63 heavy (non-hydrogen) atoms. The summed E-state index contributed by atoms with van der Waals surface area (Å²) in [4.78, 5) is 25.9. The molecule has 3 aromatic carbocycles. The number of fused-ring (bicyclic) bond motifs is 1. The molecule has 0 aromatic heterocycles. The van der Waals surface area contributed by atoms with Gasteiger partial charge in [-0.25, -0.2) is 22.6 Å². The topological polar surface area (TPSA) is 211 Å². The van der Waals surface area contributed by atoms with Crippen molar-refractivity contribution in [3.8, 4) is 17.2 Å². The van der Waals surface area contributed by atoms with Crippen LogP contribution in [0.4, 0.5) is 4.79 Å². The summed E-state index contributed by atoms with van der Waals surface area (Å²) in [6.07, 6.45) is -3.39. The molecule has 2 aliphatic rings. The average Bonchev–Trinajstić information content (AvgIpc) is 3.88. The van der Waals surface area contributed by atoms with Crippen LogP contribution in [0.25, 0.3) is 0 Å². The monoisotopic (exact) mass is 920 g/mol. The summed E-state index contributed by atoms with van der Waals surface area (Å²) in [7, 11) is -6.46. The van der Waals surface area contributed by atoms with Gasteiger partial charge in [0.2, 0.25) is 10.0 Å². The summed E-state index contributed by atoms with van der Waals surface area (Å²) in [5.41, 5.74) is 1.68. The van der Waals surface area contributed by atoms with Crippen LogP contribution in [0.5, 0.6) is 17.2 Å². The number of amides is 1. The molecule has 0 bridgehead atoms. The molecular formula is C44H63N3O14PS+. The van der Waals surface area contributed by atoms with E-state index in [1.807, 2.05) is 50.4 Å². The number of carbonyl (C=O) groups is 2. The number of rotatable bonds is 25. The third-order valence-electron chi connectivity index (χ3n) is 10.5. The summed E-state index contributed by atoms with van der Waals surface area (Å²) >= 11 is 0. The molecule has 0 radical (unpaired) electrons. The summed E-state index contributed by atoms with van der Waals surface area (Å²) in [6.45, 7) is 10.5. The Hall–Kier alpha value is -4.26. The van der Waals surface area contributed by atoms with Crippen molar-refractivity contribution in [2.75, 3.05) is 59.3 Å². The number of alkyl carbamates (subject to hydrolysis) is 1. The highest BCUT2D eigenvalue weighted by molar-refractivity contribution is 7.89. The molecule has 7 atom stereocenters. The smallest absolute Gasteiger partial charge is 0.407 e. The lowest BCUT2D eigenvalue weighted by atomic mass is 10.00. The largest absolute Gasteiger partial charge is 0.497 e. The van der Waals surface area contributed by atoms with E-state index < -0.39 is 60.3 Å². The predicted molar refractivity (Wildman–Crippen MR) is 232 cm³/mol. The molecule has 2 saturated heterocycles. The van der Waals surface area contributed by atoms with Crippen LogP contribution in [-0.2, 0) is 55.8 Å². The van der Waals surface area contributed by atoms with E-state index in [0.717, 1.165) is 11.1 Å². The molecule has 1 amide bonds. The maximum atomic E-state index is 14.1. The van der Waals surface area contributed by atoms with Gasteiger partial charge >= 0.3 is 19.7 Å². The zero-order valence-corrected chi connectivity index (χ0v) is 38.6. The van der Waals surface area contributed by atoms with Crippen molar-refractivity contribution in [2.45, 2.75) is 89.5 Å². The predicted octanol–water partition coefficient (Wildman–Crippen LogP) is 4.50. The van der Waals surface area contributed by atoms with Gasteiger partial charge in [0.25, 0.3) is 0 Å². The van der Waals surface area contributed by atoms with Gasteiger partial charge in [-0.3, -0.25) is 4.52 Å². The van der Waals surface area contributed by atoms with Crippen LogP contribution in [0.15, 0.2) is 77.7 Å². The molecule has 0 spiro atoms. The van der Waals surface area contributed by atoms with Crippen molar-refractivity contribution in [2.24, 2.45) is 11.8 Å². The van der Waals surface area contributed by atoms with Gasteiger partial charge in [0.1, 0.15) is 24.6 Å². The number of nitrogens with one attached hydrogen (secondary N) is 1. The van der Waals surface area contributed by atoms with Crippen LogP contribution < -0.4 is 24.6 Å². The Morgan fingerprint density at radius 3 is 2.32 bits per heavy atom. The Balaban J connectivity index is 1.27. The van der Waals surface area contributed by atoms with Gasteiger partial charge in [0.15, 0.2) is 23.9 Å². The second-order valence-electron chi connectivity index (χ2n) is 15.8. The van der Waals surface area contributed by atoms with Crippen molar-refractivity contribution >= 4 is 29.7 Å². The number of ether oxygens (including phenoxy) is 6. The van der Waals surface area contributed by atoms with Gasteiger partial charge < -0.3 is 48.7 Å². The first kappa shape index (κ1) is 49.8. The number of carbonyl (C=O) groups excluding carboxylic acids is 2. The van der Waals surface area contributed by atoms with Gasteiger partial charge in [0, 0.05) is 18.7 Å². The highest BCUT2D eigenvalue weighted by Gasteiger charge is 2.44. The highest BCUT2D eigenvalue weighted by atomic mass is 32.2. The lowest BCUT2D eigenvalue weighted by Crippen LogP contribution is -2.83. The SMILES string of the molecule is CCOC(=O)[C@H](C)OP(=O)(CC[NH2+]Cc1ccc(C[C@H](NC(=O)OC2CO[C@H]3OCC[C@@H]23)[C@H](O)CN(CC(C)C)S(=O)(=O)c2ccc(OC)cc2)cc1)Oc1ccccc1OCC. The number of quaternary nitrogens is 1. The van der Waals surface area contributed by atoms with Crippen LogP contribution in [-0.4, -0.2) is 120 Å². The van der Waals surface area contributed by atoms with Gasteiger partial charge in [0.05, 0.1) is 63.0 Å². The molecule has 19 heteroatoms. The van der Waals surface area contributed by atoms with Crippen LogP contribution >= 0.6 is 7.60 Å². The fourth-order valence-electron chi connectivity index (χ4n) is 7.26. The Labute approximate surface area is 370 Å². The second kappa shape index (κ2) is 23.6. The molecule has 2 unspecified atom stereocenters. The first-order valence-corrected chi connectivity index (χ1v) is 24.6. The number of benzene rings is 3. The second-order valence-corrected chi connectivity index (χ2v) is 19.8. The molecule has 2 fully saturated rings. The van der Waals surface area contributed by atoms with E-state index in [-0.39, 0.29) is 61.4 Å². The van der Waals surface area contributed by atoms with Crippen LogP contribution in [0.1, 0.15) is 52.2 Å². The van der Waals surface area contributed by atoms with E-state index in [2.05, 4.69) is 5.32 Å². The van der Waals surface area contributed by atoms with E-state index in [1.54, 1.807) is 43.3 Å². The van der Waals surface area contributed by atoms with Crippen molar-refractivity contribution in [1.82, 2.24) is 9.62 Å². The minimum Gasteiger partial charge on any atom is -0.497 e. The standard InChI is InChI=1S/C44H62N3O14PS/c1-7-55-39-11-9-10-12-40(39)61-62(51,60-31(5)42(49)56-8-2)24-22-45-26-33-15-13-32(14-16-33)25-37(46-44(50)59-41-29-58-43-36(41)21-23-57-43)38(48)28-47(27-30(3)4)63(52,53)35-19-17-34(54-6)18-20-35/h9-20,30-31,36-38,41,43,45,48H,7-8,21-29H2,1-6H3,(H,46,50)/p+1/t31-,36-,37-,38+,41?,43+,62?/m0/s1. The molecule has 348 valence electrons. The zero-order valence-electron chi connectivity index (χ0n) is 36.9. The molecule has 4 N–H and O–H groups in total. The van der Waals surface area contributed by atoms with Gasteiger partial charge in [-0.15, -0.1) is 0 Å². The van der Waals surface area contributed by atoms with Crippen molar-refractivity contribution in [3.05, 3.63) is 83.9 Å². The number of methoxy groups -OCH3 is 1. The maximum absolute atomic E-state index is 14.1. The van der Waals surface area contributed by atoms with Gasteiger partial charge in [-0.2, -0.15) is 4.31 Å². The number of nitrogens with two attached hydrogens (primary N) is 1. The molecule has 2 aliphatic heterocycles. The Morgan fingerprint density at radius 1 is 0.952 bits per heavy atom. The zero-order chi connectivity index (χ0) is 45.6. The molecule has 0 aliphatic carbocycles. The number of esters is 1. The first-order chi connectivity index (χ1) is 30.1. The van der Waals surface area contributed by atoms with E-state index in [0.29, 0.717) is 44.2 Å². The third-order valence-corrected chi connectivity index (χ3v) is 14.2. The van der Waals surface area contributed by atoms with E-state index in [9.17, 15) is 27.7 Å². The molecular weight excluding hydrogens is 858 g/mol. The molecule has 3 aromatic rings. The molecule has 0 saturated carbocycles. The average molecular weight is 921 g/mol. The first-order valence-electron chi connectivity index (χ1n) is 21.4. The van der Waals surface area contributed by atoms with Gasteiger partial charge in [-0.05, 0) is 81.5 Å².